The van der Waals surface area contributed by atoms with E-state index in [1.54, 1.807) is 14.1 Å². The summed E-state index contributed by atoms with van der Waals surface area (Å²) in [7, 11) is 0.0200. The Hall–Kier alpha value is -1.81. The number of rotatable bonds is 4. The van der Waals surface area contributed by atoms with Crippen LogP contribution in [0.3, 0.4) is 0 Å². The van der Waals surface area contributed by atoms with E-state index in [-0.39, 0.29) is 17.1 Å². The summed E-state index contributed by atoms with van der Waals surface area (Å²) in [6.07, 6.45) is -4.49. The molecule has 0 bridgehead atoms. The fourth-order valence-corrected chi connectivity index (χ4v) is 4.27. The van der Waals surface area contributed by atoms with Crippen LogP contribution in [0.25, 0.3) is 0 Å². The molecule has 1 aliphatic rings. The van der Waals surface area contributed by atoms with E-state index in [1.807, 2.05) is 0 Å². The van der Waals surface area contributed by atoms with Crippen LogP contribution in [0.15, 0.2) is 24.3 Å². The van der Waals surface area contributed by atoms with Gasteiger partial charge in [-0.05, 0) is 30.7 Å². The lowest BCUT2D eigenvalue weighted by molar-refractivity contribution is -0.274. The summed E-state index contributed by atoms with van der Waals surface area (Å²) in [6.45, 7) is 0. The first kappa shape index (κ1) is 18.5. The number of sulfone groups is 1. The van der Waals surface area contributed by atoms with E-state index in [4.69, 9.17) is 0 Å². The average molecular weight is 366 g/mol. The quantitative estimate of drug-likeness (QED) is 0.759. The minimum atomic E-state index is -4.81. The van der Waals surface area contributed by atoms with E-state index in [9.17, 15) is 26.4 Å². The Morgan fingerprint density at radius 1 is 1.21 bits per heavy atom. The summed E-state index contributed by atoms with van der Waals surface area (Å²) in [5.41, 5.74) is 0.141. The Kier molecular flexibility index (Phi) is 5.09. The van der Waals surface area contributed by atoms with Crippen molar-refractivity contribution in [2.24, 2.45) is 0 Å². The third-order valence-corrected chi connectivity index (χ3v) is 5.28. The molecule has 0 unspecified atom stereocenters. The van der Waals surface area contributed by atoms with Crippen molar-refractivity contribution >= 4 is 15.7 Å². The second-order valence-corrected chi connectivity index (χ2v) is 7.85. The molecule has 1 fully saturated rings. The second-order valence-electron chi connectivity index (χ2n) is 5.63. The van der Waals surface area contributed by atoms with Crippen LogP contribution in [-0.4, -0.2) is 62.3 Å². The molecule has 0 aliphatic carbocycles. The molecule has 1 aromatic rings. The van der Waals surface area contributed by atoms with Crippen LogP contribution in [0.4, 0.5) is 13.2 Å². The van der Waals surface area contributed by atoms with Crippen LogP contribution in [0.1, 0.15) is 16.8 Å². The van der Waals surface area contributed by atoms with Crippen molar-refractivity contribution in [3.05, 3.63) is 29.8 Å². The molecule has 1 heterocycles. The van der Waals surface area contributed by atoms with Gasteiger partial charge in [-0.2, -0.15) is 0 Å². The van der Waals surface area contributed by atoms with E-state index < -0.39 is 33.9 Å². The van der Waals surface area contributed by atoms with E-state index in [2.05, 4.69) is 4.74 Å². The van der Waals surface area contributed by atoms with Crippen LogP contribution < -0.4 is 4.74 Å². The fourth-order valence-electron chi connectivity index (χ4n) is 2.57. The zero-order chi connectivity index (χ0) is 18.1. The Bertz CT molecular complexity index is 702. The van der Waals surface area contributed by atoms with Gasteiger partial charge in [0.15, 0.2) is 9.84 Å². The molecule has 0 spiro atoms. The number of carbonyl (C=O) groups is 1. The highest BCUT2D eigenvalue weighted by Gasteiger charge is 2.36. The zero-order valence-electron chi connectivity index (χ0n) is 13.1. The number of nitrogens with zero attached hydrogens (tertiary/aromatic N) is 2. The van der Waals surface area contributed by atoms with Gasteiger partial charge in [-0.25, -0.2) is 13.4 Å². The third-order valence-electron chi connectivity index (χ3n) is 3.53. The van der Waals surface area contributed by atoms with Crippen molar-refractivity contribution < 1.29 is 31.1 Å². The predicted molar refractivity (Wildman–Crippen MR) is 80.0 cm³/mol. The molecule has 0 radical (unpaired) electrons. The van der Waals surface area contributed by atoms with Crippen molar-refractivity contribution in [3.8, 4) is 5.75 Å². The van der Waals surface area contributed by atoms with Crippen LogP contribution >= 0.6 is 0 Å². The fraction of sp³-hybridized carbons (Fsp3) is 0.500. The van der Waals surface area contributed by atoms with Gasteiger partial charge in [-0.15, -0.1) is 13.2 Å². The molecule has 0 N–H and O–H groups in total. The lowest BCUT2D eigenvalue weighted by Gasteiger charge is -2.33. The average Bonchev–Trinajstić information content (AvgIpc) is 2.77. The summed E-state index contributed by atoms with van der Waals surface area (Å²) in [4.78, 5) is 12.6. The minimum absolute atomic E-state index is 0.00759. The molecule has 1 aliphatic heterocycles. The van der Waals surface area contributed by atoms with E-state index in [0.29, 0.717) is 6.42 Å². The van der Waals surface area contributed by atoms with Gasteiger partial charge in [0.1, 0.15) is 5.75 Å². The highest BCUT2D eigenvalue weighted by atomic mass is 32.2. The SMILES string of the molecule is CN(C)N(C(=O)c1ccc(OC(F)(F)F)cc1)[C@@H]1CCS(=O)(=O)C1. The number of amides is 1. The first-order valence-electron chi connectivity index (χ1n) is 7.05. The van der Waals surface area contributed by atoms with Crippen molar-refractivity contribution in [2.75, 3.05) is 25.6 Å². The zero-order valence-corrected chi connectivity index (χ0v) is 13.9. The number of hydrogen-bond acceptors (Lipinski definition) is 5. The molecule has 1 aromatic carbocycles. The number of hydrogen-bond donors (Lipinski definition) is 0. The monoisotopic (exact) mass is 366 g/mol. The molecule has 0 saturated carbocycles. The Labute approximate surface area is 137 Å². The highest BCUT2D eigenvalue weighted by Crippen LogP contribution is 2.25. The van der Waals surface area contributed by atoms with Crippen LogP contribution in [0.5, 0.6) is 5.75 Å². The maximum Gasteiger partial charge on any atom is 0.573 e. The van der Waals surface area contributed by atoms with E-state index in [1.165, 1.54) is 22.2 Å². The van der Waals surface area contributed by atoms with Gasteiger partial charge in [0.05, 0.1) is 17.5 Å². The standard InChI is InChI=1S/C14H17F3N2O4S/c1-18(2)19(11-7-8-24(21,22)9-11)13(20)10-3-5-12(6-4-10)23-14(15,16)17/h3-6,11H,7-9H2,1-2H3/t11-/m1/s1. The van der Waals surface area contributed by atoms with E-state index in [0.717, 1.165) is 12.1 Å². The molecular formula is C14H17F3N2O4S. The summed E-state index contributed by atoms with van der Waals surface area (Å²) in [6, 6.07) is 4.01. The van der Waals surface area contributed by atoms with Crippen molar-refractivity contribution in [1.82, 2.24) is 10.0 Å². The Morgan fingerprint density at radius 3 is 2.21 bits per heavy atom. The molecule has 2 rings (SSSR count). The van der Waals surface area contributed by atoms with Crippen molar-refractivity contribution in [2.45, 2.75) is 18.8 Å². The number of alkyl halides is 3. The van der Waals surface area contributed by atoms with Gasteiger partial charge in [0.25, 0.3) is 5.91 Å². The maximum absolute atomic E-state index is 12.6. The molecule has 1 amide bonds. The number of benzene rings is 1. The smallest absolute Gasteiger partial charge is 0.406 e. The third kappa shape index (κ3) is 4.60. The molecule has 1 saturated heterocycles. The van der Waals surface area contributed by atoms with Gasteiger partial charge in [-0.1, -0.05) is 0 Å². The first-order chi connectivity index (χ1) is 11.0. The van der Waals surface area contributed by atoms with Crippen molar-refractivity contribution in [1.29, 1.82) is 0 Å². The largest absolute Gasteiger partial charge is 0.573 e. The minimum Gasteiger partial charge on any atom is -0.406 e. The van der Waals surface area contributed by atoms with Gasteiger partial charge >= 0.3 is 6.36 Å². The molecular weight excluding hydrogens is 349 g/mol. The molecule has 24 heavy (non-hydrogen) atoms. The summed E-state index contributed by atoms with van der Waals surface area (Å²) in [5, 5.41) is 2.79. The van der Waals surface area contributed by atoms with Crippen LogP contribution in [0, 0.1) is 0 Å². The molecule has 6 nitrogen and oxygen atoms in total. The first-order valence-corrected chi connectivity index (χ1v) is 8.88. The predicted octanol–water partition coefficient (Wildman–Crippen LogP) is 1.69. The molecule has 134 valence electrons. The second kappa shape index (κ2) is 6.60. The van der Waals surface area contributed by atoms with Gasteiger partial charge in [0.2, 0.25) is 0 Å². The summed E-state index contributed by atoms with van der Waals surface area (Å²) >= 11 is 0. The van der Waals surface area contributed by atoms with Crippen molar-refractivity contribution in [3.63, 3.8) is 0 Å². The summed E-state index contributed by atoms with van der Waals surface area (Å²) in [5.74, 6) is -1.04. The van der Waals surface area contributed by atoms with Crippen LogP contribution in [0.2, 0.25) is 0 Å². The normalized spacial score (nSPS) is 20.2. The number of hydrazine groups is 1. The van der Waals surface area contributed by atoms with E-state index >= 15 is 0 Å². The Balaban J connectivity index is 2.18. The topological polar surface area (TPSA) is 66.9 Å². The lowest BCUT2D eigenvalue weighted by atomic mass is 10.1. The van der Waals surface area contributed by atoms with Gasteiger partial charge in [-0.3, -0.25) is 9.80 Å². The molecule has 1 atom stereocenters. The van der Waals surface area contributed by atoms with Gasteiger partial charge < -0.3 is 4.74 Å². The molecule has 0 aromatic heterocycles. The van der Waals surface area contributed by atoms with Gasteiger partial charge in [0, 0.05) is 19.7 Å². The Morgan fingerprint density at radius 2 is 1.79 bits per heavy atom. The van der Waals surface area contributed by atoms with Crippen LogP contribution in [-0.2, 0) is 9.84 Å². The maximum atomic E-state index is 12.6. The lowest BCUT2D eigenvalue weighted by Crippen LogP contribution is -2.49. The summed E-state index contributed by atoms with van der Waals surface area (Å²) < 4.78 is 63.5. The number of carbonyl (C=O) groups excluding carboxylic acids is 1. The highest BCUT2D eigenvalue weighted by molar-refractivity contribution is 7.91. The molecule has 10 heteroatoms. The number of ether oxygens (including phenoxy) is 1. The number of halogens is 3.